The second-order valence-corrected chi connectivity index (χ2v) is 5.78. The van der Waals surface area contributed by atoms with Crippen LogP contribution in [0.25, 0.3) is 0 Å². The van der Waals surface area contributed by atoms with Gasteiger partial charge in [0.1, 0.15) is 28.7 Å². The predicted octanol–water partition coefficient (Wildman–Crippen LogP) is 3.85. The van der Waals surface area contributed by atoms with E-state index in [0.29, 0.717) is 12.1 Å². The normalized spacial score (nSPS) is 11.1. The lowest BCUT2D eigenvalue weighted by Crippen LogP contribution is -2.41. The van der Waals surface area contributed by atoms with Gasteiger partial charge in [-0.2, -0.15) is 0 Å². The van der Waals surface area contributed by atoms with Gasteiger partial charge in [0.15, 0.2) is 0 Å². The van der Waals surface area contributed by atoms with Crippen molar-refractivity contribution in [1.82, 2.24) is 0 Å². The minimum Gasteiger partial charge on any atom is -0.323 e. The summed E-state index contributed by atoms with van der Waals surface area (Å²) in [6.45, 7) is 2.47. The molecule has 0 radical (unpaired) electrons. The SMILES string of the molecule is CC(C)(C(=O)Nc1ccc(F)cc1F)C(=O)Nc1ccc(F)cc1F. The molecule has 0 saturated heterocycles. The van der Waals surface area contributed by atoms with Crippen LogP contribution in [0.2, 0.25) is 0 Å². The summed E-state index contributed by atoms with van der Waals surface area (Å²) in [5.74, 6) is -5.43. The standard InChI is InChI=1S/C17H14F4N2O2/c1-17(2,15(24)22-13-5-3-9(18)7-11(13)20)16(25)23-14-6-4-10(19)8-12(14)21/h3-8H,1-2H3,(H,22,24)(H,23,25). The van der Waals surface area contributed by atoms with Gasteiger partial charge < -0.3 is 10.6 Å². The number of amides is 2. The molecular weight excluding hydrogens is 340 g/mol. The molecule has 0 aromatic heterocycles. The van der Waals surface area contributed by atoms with Crippen molar-refractivity contribution in [1.29, 1.82) is 0 Å². The van der Waals surface area contributed by atoms with Gasteiger partial charge in [-0.15, -0.1) is 0 Å². The molecule has 8 heteroatoms. The Balaban J connectivity index is 2.15. The van der Waals surface area contributed by atoms with Crippen molar-refractivity contribution in [3.63, 3.8) is 0 Å². The Morgan fingerprint density at radius 2 is 1.12 bits per heavy atom. The monoisotopic (exact) mass is 354 g/mol. The first-order valence-corrected chi connectivity index (χ1v) is 7.14. The summed E-state index contributed by atoms with van der Waals surface area (Å²) in [4.78, 5) is 24.5. The van der Waals surface area contributed by atoms with Gasteiger partial charge in [0.2, 0.25) is 11.8 Å². The van der Waals surface area contributed by atoms with E-state index < -0.39 is 40.5 Å². The quantitative estimate of drug-likeness (QED) is 0.647. The lowest BCUT2D eigenvalue weighted by atomic mass is 9.90. The molecular formula is C17H14F4N2O2. The highest BCUT2D eigenvalue weighted by molar-refractivity contribution is 6.14. The van der Waals surface area contributed by atoms with E-state index in [9.17, 15) is 27.2 Å². The summed E-state index contributed by atoms with van der Waals surface area (Å²) in [5.41, 5.74) is -2.33. The molecule has 2 aromatic carbocycles. The molecule has 2 N–H and O–H groups in total. The summed E-state index contributed by atoms with van der Waals surface area (Å²) >= 11 is 0. The van der Waals surface area contributed by atoms with Crippen LogP contribution in [0.1, 0.15) is 13.8 Å². The molecule has 0 unspecified atom stereocenters. The number of halogens is 4. The third-order valence-electron chi connectivity index (χ3n) is 3.49. The van der Waals surface area contributed by atoms with E-state index in [1.165, 1.54) is 13.8 Å². The van der Waals surface area contributed by atoms with Crippen LogP contribution in [0.3, 0.4) is 0 Å². The van der Waals surface area contributed by atoms with Gasteiger partial charge in [-0.25, -0.2) is 17.6 Å². The predicted molar refractivity (Wildman–Crippen MR) is 83.8 cm³/mol. The number of rotatable bonds is 4. The maximum atomic E-state index is 13.6. The topological polar surface area (TPSA) is 58.2 Å². The summed E-state index contributed by atoms with van der Waals surface area (Å²) < 4.78 is 52.9. The molecule has 0 saturated carbocycles. The zero-order chi connectivity index (χ0) is 18.8. The maximum absolute atomic E-state index is 13.6. The van der Waals surface area contributed by atoms with E-state index in [4.69, 9.17) is 0 Å². The Labute approximate surface area is 140 Å². The number of benzene rings is 2. The van der Waals surface area contributed by atoms with E-state index in [0.717, 1.165) is 24.3 Å². The Bertz CT molecular complexity index is 770. The lowest BCUT2D eigenvalue weighted by Gasteiger charge is -2.23. The fourth-order valence-electron chi connectivity index (χ4n) is 1.84. The van der Waals surface area contributed by atoms with Crippen molar-refractivity contribution >= 4 is 23.2 Å². The first-order valence-electron chi connectivity index (χ1n) is 7.14. The van der Waals surface area contributed by atoms with Gasteiger partial charge in [-0.1, -0.05) is 0 Å². The number of anilines is 2. The number of carbonyl (C=O) groups excluding carboxylic acids is 2. The largest absolute Gasteiger partial charge is 0.323 e. The van der Waals surface area contributed by atoms with E-state index in [1.807, 2.05) is 0 Å². The van der Waals surface area contributed by atoms with Crippen molar-refractivity contribution in [2.45, 2.75) is 13.8 Å². The molecule has 0 bridgehead atoms. The van der Waals surface area contributed by atoms with Crippen LogP contribution >= 0.6 is 0 Å². The highest BCUT2D eigenvalue weighted by atomic mass is 19.1. The molecule has 0 aliphatic rings. The maximum Gasteiger partial charge on any atom is 0.239 e. The third kappa shape index (κ3) is 4.14. The van der Waals surface area contributed by atoms with Crippen LogP contribution in [-0.4, -0.2) is 11.8 Å². The molecule has 0 spiro atoms. The second-order valence-electron chi connectivity index (χ2n) is 5.78. The van der Waals surface area contributed by atoms with E-state index in [-0.39, 0.29) is 11.4 Å². The van der Waals surface area contributed by atoms with Crippen LogP contribution in [0, 0.1) is 28.7 Å². The molecule has 0 fully saturated rings. The average Bonchev–Trinajstić information content (AvgIpc) is 2.52. The van der Waals surface area contributed by atoms with Gasteiger partial charge in [-0.3, -0.25) is 9.59 Å². The lowest BCUT2D eigenvalue weighted by molar-refractivity contribution is -0.135. The number of hydrogen-bond acceptors (Lipinski definition) is 2. The summed E-state index contributed by atoms with van der Waals surface area (Å²) in [6.07, 6.45) is 0. The number of carbonyl (C=O) groups is 2. The smallest absolute Gasteiger partial charge is 0.239 e. The molecule has 0 aliphatic heterocycles. The van der Waals surface area contributed by atoms with Gasteiger partial charge in [0.05, 0.1) is 11.4 Å². The molecule has 0 aliphatic carbocycles. The van der Waals surface area contributed by atoms with Crippen LogP contribution in [0.5, 0.6) is 0 Å². The molecule has 2 rings (SSSR count). The van der Waals surface area contributed by atoms with Crippen LogP contribution < -0.4 is 10.6 Å². The van der Waals surface area contributed by atoms with E-state index in [2.05, 4.69) is 10.6 Å². The molecule has 2 aromatic rings. The number of hydrogen-bond donors (Lipinski definition) is 2. The second kappa shape index (κ2) is 6.92. The Hall–Kier alpha value is -2.90. The summed E-state index contributed by atoms with van der Waals surface area (Å²) in [6, 6.07) is 5.07. The summed E-state index contributed by atoms with van der Waals surface area (Å²) in [5, 5.41) is 4.35. The van der Waals surface area contributed by atoms with Gasteiger partial charge in [0, 0.05) is 12.1 Å². The van der Waals surface area contributed by atoms with Gasteiger partial charge in [0.25, 0.3) is 0 Å². The van der Waals surface area contributed by atoms with Gasteiger partial charge >= 0.3 is 0 Å². The molecule has 0 heterocycles. The highest BCUT2D eigenvalue weighted by Crippen LogP contribution is 2.24. The fraction of sp³-hybridized carbons (Fsp3) is 0.176. The van der Waals surface area contributed by atoms with Crippen molar-refractivity contribution < 1.29 is 27.2 Å². The Kier molecular flexibility index (Phi) is 5.10. The molecule has 4 nitrogen and oxygen atoms in total. The first kappa shape index (κ1) is 18.4. The van der Waals surface area contributed by atoms with Crippen molar-refractivity contribution in [3.05, 3.63) is 59.7 Å². The zero-order valence-corrected chi connectivity index (χ0v) is 13.3. The minimum atomic E-state index is -1.72. The van der Waals surface area contributed by atoms with Crippen LogP contribution in [-0.2, 0) is 9.59 Å². The van der Waals surface area contributed by atoms with Crippen LogP contribution in [0.15, 0.2) is 36.4 Å². The Morgan fingerprint density at radius 1 is 0.760 bits per heavy atom. The molecule has 25 heavy (non-hydrogen) atoms. The van der Waals surface area contributed by atoms with E-state index >= 15 is 0 Å². The minimum absolute atomic E-state index is 0.305. The molecule has 0 atom stereocenters. The zero-order valence-electron chi connectivity index (χ0n) is 13.3. The Morgan fingerprint density at radius 3 is 1.44 bits per heavy atom. The molecule has 132 valence electrons. The van der Waals surface area contributed by atoms with Crippen LogP contribution in [0.4, 0.5) is 28.9 Å². The van der Waals surface area contributed by atoms with E-state index in [1.54, 1.807) is 0 Å². The summed E-state index contributed by atoms with van der Waals surface area (Å²) in [7, 11) is 0. The fourth-order valence-corrected chi connectivity index (χ4v) is 1.84. The first-order chi connectivity index (χ1) is 11.6. The van der Waals surface area contributed by atoms with Crippen molar-refractivity contribution in [2.75, 3.05) is 10.6 Å². The molecule has 2 amide bonds. The number of nitrogens with one attached hydrogen (secondary N) is 2. The average molecular weight is 354 g/mol. The van der Waals surface area contributed by atoms with Gasteiger partial charge in [-0.05, 0) is 38.1 Å². The third-order valence-corrected chi connectivity index (χ3v) is 3.49. The highest BCUT2D eigenvalue weighted by Gasteiger charge is 2.37. The van der Waals surface area contributed by atoms with Crippen molar-refractivity contribution in [2.24, 2.45) is 5.41 Å². The van der Waals surface area contributed by atoms with Crippen molar-refractivity contribution in [3.8, 4) is 0 Å².